The highest BCUT2D eigenvalue weighted by atomic mass is 31.1. The summed E-state index contributed by atoms with van der Waals surface area (Å²) in [7, 11) is 0.893. The third-order valence-corrected chi connectivity index (χ3v) is 1.46. The van der Waals surface area contributed by atoms with Gasteiger partial charge in [-0.2, -0.15) is 0 Å². The molecule has 43 valence electrons. The number of hydrogen-bond donors (Lipinski definition) is 0. The summed E-state index contributed by atoms with van der Waals surface area (Å²) in [5.74, 6) is 0. The predicted octanol–water partition coefficient (Wildman–Crippen LogP) is 1.87. The van der Waals surface area contributed by atoms with E-state index in [1.54, 1.807) is 0 Å². The van der Waals surface area contributed by atoms with Gasteiger partial charge in [0.25, 0.3) is 0 Å². The van der Waals surface area contributed by atoms with Crippen LogP contribution in [-0.4, -0.2) is 25.7 Å². The van der Waals surface area contributed by atoms with Crippen LogP contribution in [0.3, 0.4) is 0 Å². The second-order valence-corrected chi connectivity index (χ2v) is 2.39. The molecule has 0 aliphatic heterocycles. The molecule has 0 atom stereocenters. The zero-order valence-electron chi connectivity index (χ0n) is 4.03. The minimum Gasteiger partial charge on any atom is -0.251 e. The number of rotatable bonds is 4. The lowest BCUT2D eigenvalue weighted by molar-refractivity contribution is 0.524. The largest absolute Gasteiger partial charge is 0.251 e. The molecule has 0 saturated heterocycles. The molecule has 0 heterocycles. The van der Waals surface area contributed by atoms with Gasteiger partial charge in [-0.1, -0.05) is 8.58 Å². The Kier molecular flexibility index (Phi) is 6.55. The van der Waals surface area contributed by atoms with Gasteiger partial charge in [-0.15, -0.1) is 0 Å². The van der Waals surface area contributed by atoms with Gasteiger partial charge in [0.2, 0.25) is 0 Å². The van der Waals surface area contributed by atoms with Gasteiger partial charge in [-0.05, 0) is 0 Å². The van der Waals surface area contributed by atoms with Crippen LogP contribution in [0.15, 0.2) is 0 Å². The first-order valence-electron chi connectivity index (χ1n) is 2.17. The molecule has 0 aliphatic carbocycles. The highest BCUT2D eigenvalue weighted by Crippen LogP contribution is 2.07. The van der Waals surface area contributed by atoms with Crippen molar-refractivity contribution in [3.05, 3.63) is 0 Å². The number of hydrogen-bond acceptors (Lipinski definition) is 0. The second kappa shape index (κ2) is 6.29. The summed E-state index contributed by atoms with van der Waals surface area (Å²) in [6, 6.07) is 0. The maximum absolute atomic E-state index is 11.2. The molecule has 3 heteroatoms. The first kappa shape index (κ1) is 7.29. The quantitative estimate of drug-likeness (QED) is 0.397. The number of alkyl halides is 2. The molecule has 0 bridgehead atoms. The second-order valence-electron chi connectivity index (χ2n) is 1.05. The minimum atomic E-state index is -0.318. The maximum Gasteiger partial charge on any atom is 0.0936 e. The van der Waals surface area contributed by atoms with E-state index in [4.69, 9.17) is 0 Å². The van der Waals surface area contributed by atoms with Gasteiger partial charge in [-0.3, -0.25) is 8.78 Å². The molecule has 0 aromatic carbocycles. The zero-order chi connectivity index (χ0) is 5.54. The highest BCUT2D eigenvalue weighted by molar-refractivity contribution is 7.38. The Morgan fingerprint density at radius 3 is 1.71 bits per heavy atom. The Labute approximate surface area is 44.1 Å². The van der Waals surface area contributed by atoms with E-state index in [-0.39, 0.29) is 13.3 Å². The fourth-order valence-electron chi connectivity index (χ4n) is 0.231. The summed E-state index contributed by atoms with van der Waals surface area (Å²) in [4.78, 5) is 0. The van der Waals surface area contributed by atoms with Crippen molar-refractivity contribution >= 4 is 8.58 Å². The van der Waals surface area contributed by atoms with Gasteiger partial charge in [-0.25, -0.2) is 0 Å². The monoisotopic (exact) mass is 125 g/mol. The van der Waals surface area contributed by atoms with E-state index in [0.717, 1.165) is 8.58 Å². The highest BCUT2D eigenvalue weighted by Gasteiger charge is 1.84. The van der Waals surface area contributed by atoms with Crippen LogP contribution >= 0.6 is 8.58 Å². The van der Waals surface area contributed by atoms with Crippen LogP contribution in [0.25, 0.3) is 0 Å². The minimum absolute atomic E-state index is 0.318. The molecule has 0 nitrogen and oxygen atoms in total. The lowest BCUT2D eigenvalue weighted by Crippen LogP contribution is -1.81. The average molecular weight is 125 g/mol. The molecule has 0 aromatic heterocycles. The molecule has 7 heavy (non-hydrogen) atoms. The Morgan fingerprint density at radius 1 is 1.00 bits per heavy atom. The molecule has 0 aliphatic rings. The van der Waals surface area contributed by atoms with Crippen LogP contribution < -0.4 is 0 Å². The van der Waals surface area contributed by atoms with Gasteiger partial charge in [0.1, 0.15) is 0 Å². The lowest BCUT2D eigenvalue weighted by Gasteiger charge is -1.86. The van der Waals surface area contributed by atoms with E-state index in [1.165, 1.54) is 0 Å². The molecular weight excluding hydrogens is 117 g/mol. The molecule has 0 aromatic rings. The average Bonchev–Trinajstić information content (AvgIpc) is 1.69. The predicted molar refractivity (Wildman–Crippen MR) is 28.6 cm³/mol. The fourth-order valence-corrected chi connectivity index (χ4v) is 0.694. The van der Waals surface area contributed by atoms with Crippen molar-refractivity contribution in [2.24, 2.45) is 0 Å². The van der Waals surface area contributed by atoms with Crippen LogP contribution in [0.5, 0.6) is 0 Å². The van der Waals surface area contributed by atoms with E-state index < -0.39 is 0 Å². The van der Waals surface area contributed by atoms with E-state index in [1.807, 2.05) is 0 Å². The van der Waals surface area contributed by atoms with E-state index in [2.05, 4.69) is 0 Å². The maximum atomic E-state index is 11.2. The van der Waals surface area contributed by atoms with Gasteiger partial charge in [0.05, 0.1) is 13.3 Å². The Balaban J connectivity index is 2.45. The van der Waals surface area contributed by atoms with Crippen molar-refractivity contribution in [3.8, 4) is 0 Å². The summed E-state index contributed by atoms with van der Waals surface area (Å²) in [6.45, 7) is -0.636. The molecule has 0 rings (SSSR count). The van der Waals surface area contributed by atoms with Crippen LogP contribution in [0.4, 0.5) is 8.78 Å². The van der Waals surface area contributed by atoms with Crippen molar-refractivity contribution in [1.29, 1.82) is 0 Å². The third-order valence-electron chi connectivity index (χ3n) is 0.485. The summed E-state index contributed by atoms with van der Waals surface area (Å²) in [5, 5.41) is 0. The first-order chi connectivity index (χ1) is 3.41. The number of halogens is 2. The normalized spacial score (nSPS) is 9.43. The van der Waals surface area contributed by atoms with Crippen molar-refractivity contribution in [3.63, 3.8) is 0 Å². The van der Waals surface area contributed by atoms with Gasteiger partial charge < -0.3 is 0 Å². The summed E-state index contributed by atoms with van der Waals surface area (Å²) >= 11 is 0. The van der Waals surface area contributed by atoms with Crippen molar-refractivity contribution < 1.29 is 8.78 Å². The van der Waals surface area contributed by atoms with Crippen LogP contribution in [0.1, 0.15) is 0 Å². The summed E-state index contributed by atoms with van der Waals surface area (Å²) in [5.41, 5.74) is 0. The summed E-state index contributed by atoms with van der Waals surface area (Å²) in [6.07, 6.45) is 0.980. The molecule has 0 fully saturated rings. The fraction of sp³-hybridized carbons (Fsp3) is 1.00. The van der Waals surface area contributed by atoms with Crippen LogP contribution in [-0.2, 0) is 0 Å². The van der Waals surface area contributed by atoms with Gasteiger partial charge in [0, 0.05) is 12.3 Å². The zero-order valence-corrected chi connectivity index (χ0v) is 4.93. The lowest BCUT2D eigenvalue weighted by atomic mass is 10.9. The molecule has 0 amide bonds. The Morgan fingerprint density at radius 2 is 1.43 bits per heavy atom. The van der Waals surface area contributed by atoms with Gasteiger partial charge in [0.15, 0.2) is 0 Å². The van der Waals surface area contributed by atoms with Crippen LogP contribution in [0, 0.1) is 0 Å². The van der Waals surface area contributed by atoms with Crippen molar-refractivity contribution in [1.82, 2.24) is 0 Å². The Hall–Kier alpha value is 0.290. The van der Waals surface area contributed by atoms with Crippen LogP contribution in [0.2, 0.25) is 0 Å². The van der Waals surface area contributed by atoms with Crippen molar-refractivity contribution in [2.45, 2.75) is 0 Å². The molecule has 1 radical (unpaired) electrons. The molecule has 0 spiro atoms. The topological polar surface area (TPSA) is 0 Å². The van der Waals surface area contributed by atoms with Gasteiger partial charge >= 0.3 is 0 Å². The smallest absolute Gasteiger partial charge is 0.0936 e. The van der Waals surface area contributed by atoms with E-state index >= 15 is 0 Å². The Bertz CT molecular complexity index is 28.9. The molecular formula is C4H8F2P. The van der Waals surface area contributed by atoms with Crippen molar-refractivity contribution in [2.75, 3.05) is 25.7 Å². The molecule has 0 saturated carbocycles. The van der Waals surface area contributed by atoms with E-state index in [0.29, 0.717) is 12.3 Å². The standard InChI is InChI=1S/C4H8F2P/c5-1-3-7-4-2-6/h1-4H2. The SMILES string of the molecule is FCC[P]CCF. The molecule has 0 unspecified atom stereocenters. The first-order valence-corrected chi connectivity index (χ1v) is 3.43. The molecule has 0 N–H and O–H groups in total. The van der Waals surface area contributed by atoms with E-state index in [9.17, 15) is 8.78 Å². The third kappa shape index (κ3) is 6.29. The summed E-state index contributed by atoms with van der Waals surface area (Å²) < 4.78 is 22.4.